The van der Waals surface area contributed by atoms with E-state index < -0.39 is 0 Å². The van der Waals surface area contributed by atoms with E-state index in [1.165, 1.54) is 6.42 Å². The van der Waals surface area contributed by atoms with E-state index >= 15 is 0 Å². The SMILES string of the molecule is CNC(COc1ccc(Cl)cc1)C1CCCOC1. The minimum atomic E-state index is 0.334. The van der Waals surface area contributed by atoms with Gasteiger partial charge < -0.3 is 14.8 Å². The lowest BCUT2D eigenvalue weighted by atomic mass is 9.94. The summed E-state index contributed by atoms with van der Waals surface area (Å²) < 4.78 is 11.3. The second kappa shape index (κ2) is 6.98. The first-order chi connectivity index (χ1) is 8.79. The van der Waals surface area contributed by atoms with Gasteiger partial charge in [-0.3, -0.25) is 0 Å². The van der Waals surface area contributed by atoms with Crippen molar-refractivity contribution in [2.24, 2.45) is 5.92 Å². The molecular formula is C14H20ClNO2. The highest BCUT2D eigenvalue weighted by Crippen LogP contribution is 2.20. The molecule has 100 valence electrons. The number of likely N-dealkylation sites (N-methyl/N-ethyl adjacent to an activating group) is 1. The van der Waals surface area contributed by atoms with Crippen LogP contribution in [-0.4, -0.2) is 32.9 Å². The monoisotopic (exact) mass is 269 g/mol. The summed E-state index contributed by atoms with van der Waals surface area (Å²) in [6.07, 6.45) is 2.35. The van der Waals surface area contributed by atoms with E-state index in [2.05, 4.69) is 5.32 Å². The zero-order valence-electron chi connectivity index (χ0n) is 10.7. The number of halogens is 1. The maximum Gasteiger partial charge on any atom is 0.119 e. The highest BCUT2D eigenvalue weighted by atomic mass is 35.5. The Morgan fingerprint density at radius 3 is 2.83 bits per heavy atom. The molecule has 4 heteroatoms. The van der Waals surface area contributed by atoms with Crippen molar-refractivity contribution in [2.45, 2.75) is 18.9 Å². The molecule has 0 spiro atoms. The van der Waals surface area contributed by atoms with Gasteiger partial charge in [0, 0.05) is 23.6 Å². The van der Waals surface area contributed by atoms with E-state index in [0.717, 1.165) is 30.4 Å². The maximum absolute atomic E-state index is 5.84. The zero-order valence-corrected chi connectivity index (χ0v) is 11.5. The maximum atomic E-state index is 5.84. The van der Waals surface area contributed by atoms with Gasteiger partial charge in [0.1, 0.15) is 12.4 Å². The molecule has 1 heterocycles. The van der Waals surface area contributed by atoms with Gasteiger partial charge >= 0.3 is 0 Å². The van der Waals surface area contributed by atoms with Crippen LogP contribution in [0.2, 0.25) is 5.02 Å². The van der Waals surface area contributed by atoms with Gasteiger partial charge in [0.25, 0.3) is 0 Å². The van der Waals surface area contributed by atoms with Crippen LogP contribution in [0.1, 0.15) is 12.8 Å². The predicted octanol–water partition coefficient (Wildman–Crippen LogP) is 2.73. The molecule has 1 aliphatic heterocycles. The van der Waals surface area contributed by atoms with Crippen molar-refractivity contribution in [1.29, 1.82) is 0 Å². The first-order valence-electron chi connectivity index (χ1n) is 6.43. The fourth-order valence-corrected chi connectivity index (χ4v) is 2.38. The lowest BCUT2D eigenvalue weighted by Crippen LogP contribution is -2.42. The van der Waals surface area contributed by atoms with Gasteiger partial charge in [-0.1, -0.05) is 11.6 Å². The van der Waals surface area contributed by atoms with Gasteiger partial charge in [-0.05, 0) is 44.2 Å². The highest BCUT2D eigenvalue weighted by molar-refractivity contribution is 6.30. The van der Waals surface area contributed by atoms with E-state index in [-0.39, 0.29) is 0 Å². The fraction of sp³-hybridized carbons (Fsp3) is 0.571. The van der Waals surface area contributed by atoms with Crippen molar-refractivity contribution in [3.8, 4) is 5.75 Å². The molecule has 0 bridgehead atoms. The Morgan fingerprint density at radius 2 is 2.22 bits per heavy atom. The quantitative estimate of drug-likeness (QED) is 0.892. The summed E-state index contributed by atoms with van der Waals surface area (Å²) in [6, 6.07) is 7.81. The molecule has 3 nitrogen and oxygen atoms in total. The average molecular weight is 270 g/mol. The summed E-state index contributed by atoms with van der Waals surface area (Å²) in [5, 5.41) is 4.05. The van der Waals surface area contributed by atoms with Crippen LogP contribution >= 0.6 is 11.6 Å². The number of ether oxygens (including phenoxy) is 2. The molecule has 0 radical (unpaired) electrons. The van der Waals surface area contributed by atoms with E-state index in [0.29, 0.717) is 18.6 Å². The van der Waals surface area contributed by atoms with Crippen LogP contribution < -0.4 is 10.1 Å². The summed E-state index contributed by atoms with van der Waals surface area (Å²) in [7, 11) is 1.98. The third-order valence-electron chi connectivity index (χ3n) is 3.38. The Hall–Kier alpha value is -0.770. The van der Waals surface area contributed by atoms with Crippen LogP contribution in [0.25, 0.3) is 0 Å². The second-order valence-electron chi connectivity index (χ2n) is 4.64. The summed E-state index contributed by atoms with van der Waals surface area (Å²) in [5.74, 6) is 1.40. The third kappa shape index (κ3) is 3.87. The summed E-state index contributed by atoms with van der Waals surface area (Å²) in [6.45, 7) is 2.38. The van der Waals surface area contributed by atoms with Crippen molar-refractivity contribution in [3.63, 3.8) is 0 Å². The molecule has 1 aromatic carbocycles. The number of hydrogen-bond donors (Lipinski definition) is 1. The fourth-order valence-electron chi connectivity index (χ4n) is 2.25. The van der Waals surface area contributed by atoms with Gasteiger partial charge in [0.15, 0.2) is 0 Å². The second-order valence-corrected chi connectivity index (χ2v) is 5.07. The summed E-state index contributed by atoms with van der Waals surface area (Å²) in [4.78, 5) is 0. The number of nitrogens with one attached hydrogen (secondary N) is 1. The van der Waals surface area contributed by atoms with Crippen LogP contribution in [0.4, 0.5) is 0 Å². The zero-order chi connectivity index (χ0) is 12.8. The van der Waals surface area contributed by atoms with Crippen LogP contribution in [0.3, 0.4) is 0 Å². The first-order valence-corrected chi connectivity index (χ1v) is 6.81. The van der Waals surface area contributed by atoms with Gasteiger partial charge in [-0.2, -0.15) is 0 Å². The molecule has 1 fully saturated rings. The lowest BCUT2D eigenvalue weighted by molar-refractivity contribution is 0.0321. The molecule has 0 saturated carbocycles. The molecule has 2 atom stereocenters. The molecular weight excluding hydrogens is 250 g/mol. The third-order valence-corrected chi connectivity index (χ3v) is 3.63. The Balaban J connectivity index is 1.84. The lowest BCUT2D eigenvalue weighted by Gasteiger charge is -2.29. The smallest absolute Gasteiger partial charge is 0.119 e. The number of benzene rings is 1. The molecule has 1 aromatic rings. The van der Waals surface area contributed by atoms with Crippen molar-refractivity contribution < 1.29 is 9.47 Å². The van der Waals surface area contributed by atoms with Crippen LogP contribution in [0.15, 0.2) is 24.3 Å². The predicted molar refractivity (Wildman–Crippen MR) is 73.3 cm³/mol. The van der Waals surface area contributed by atoms with Crippen molar-refractivity contribution >= 4 is 11.6 Å². The summed E-state index contributed by atoms with van der Waals surface area (Å²) in [5.41, 5.74) is 0. The Morgan fingerprint density at radius 1 is 1.44 bits per heavy atom. The molecule has 2 unspecified atom stereocenters. The Bertz CT molecular complexity index is 349. The molecule has 18 heavy (non-hydrogen) atoms. The topological polar surface area (TPSA) is 30.5 Å². The minimum absolute atomic E-state index is 0.334. The van der Waals surface area contributed by atoms with Crippen LogP contribution in [-0.2, 0) is 4.74 Å². The average Bonchev–Trinajstić information content (AvgIpc) is 2.43. The Kier molecular flexibility index (Phi) is 5.29. The van der Waals surface area contributed by atoms with Crippen molar-refractivity contribution in [1.82, 2.24) is 5.32 Å². The molecule has 0 aromatic heterocycles. The van der Waals surface area contributed by atoms with Crippen molar-refractivity contribution in [2.75, 3.05) is 26.9 Å². The van der Waals surface area contributed by atoms with E-state index in [1.807, 2.05) is 31.3 Å². The van der Waals surface area contributed by atoms with Crippen LogP contribution in [0, 0.1) is 5.92 Å². The highest BCUT2D eigenvalue weighted by Gasteiger charge is 2.23. The van der Waals surface area contributed by atoms with Crippen LogP contribution in [0.5, 0.6) is 5.75 Å². The van der Waals surface area contributed by atoms with E-state index in [4.69, 9.17) is 21.1 Å². The molecule has 1 N–H and O–H groups in total. The number of rotatable bonds is 5. The largest absolute Gasteiger partial charge is 0.492 e. The molecule has 1 saturated heterocycles. The molecule has 2 rings (SSSR count). The van der Waals surface area contributed by atoms with Gasteiger partial charge in [-0.25, -0.2) is 0 Å². The standard InChI is InChI=1S/C14H20ClNO2/c1-16-14(11-3-2-8-17-9-11)10-18-13-6-4-12(15)5-7-13/h4-7,11,14,16H,2-3,8-10H2,1H3. The molecule has 0 aliphatic carbocycles. The minimum Gasteiger partial charge on any atom is -0.492 e. The number of hydrogen-bond acceptors (Lipinski definition) is 3. The normalized spacial score (nSPS) is 21.6. The van der Waals surface area contributed by atoms with Gasteiger partial charge in [0.05, 0.1) is 6.61 Å². The van der Waals surface area contributed by atoms with E-state index in [9.17, 15) is 0 Å². The molecule has 0 amide bonds. The van der Waals surface area contributed by atoms with Gasteiger partial charge in [0.2, 0.25) is 0 Å². The van der Waals surface area contributed by atoms with Gasteiger partial charge in [-0.15, -0.1) is 0 Å². The van der Waals surface area contributed by atoms with Crippen molar-refractivity contribution in [3.05, 3.63) is 29.3 Å². The van der Waals surface area contributed by atoms with E-state index in [1.54, 1.807) is 0 Å². The summed E-state index contributed by atoms with van der Waals surface area (Å²) >= 11 is 5.84. The Labute approximate surface area is 113 Å². The molecule has 1 aliphatic rings. The first kappa shape index (κ1) is 13.7.